The van der Waals surface area contributed by atoms with E-state index in [1.54, 1.807) is 0 Å². The second kappa shape index (κ2) is 3.95. The Kier molecular flexibility index (Phi) is 2.87. The first-order valence-electron chi connectivity index (χ1n) is 5.59. The second-order valence-electron chi connectivity index (χ2n) is 4.89. The molecule has 2 aliphatic rings. The van der Waals surface area contributed by atoms with E-state index < -0.39 is 0 Å². The van der Waals surface area contributed by atoms with Crippen molar-refractivity contribution in [1.82, 2.24) is 4.90 Å². The average molecular weight is 185 g/mol. The molecule has 76 valence electrons. The van der Waals surface area contributed by atoms with Crippen LogP contribution < -0.4 is 0 Å². The van der Waals surface area contributed by atoms with Gasteiger partial charge in [-0.3, -0.25) is 9.29 Å². The Balaban J connectivity index is 1.71. The van der Waals surface area contributed by atoms with Crippen LogP contribution in [0.15, 0.2) is 0 Å². The number of halogens is 1. The highest BCUT2D eigenvalue weighted by atomic mass is 19.1. The smallest absolute Gasteiger partial charge is 0.0947 e. The lowest BCUT2D eigenvalue weighted by Crippen LogP contribution is -2.53. The van der Waals surface area contributed by atoms with Gasteiger partial charge < -0.3 is 0 Å². The fourth-order valence-electron chi connectivity index (χ4n) is 2.61. The quantitative estimate of drug-likeness (QED) is 0.639. The molecule has 1 aliphatic carbocycles. The summed E-state index contributed by atoms with van der Waals surface area (Å²) in [5.41, 5.74) is 0. The van der Waals surface area contributed by atoms with E-state index in [-0.39, 0.29) is 6.67 Å². The van der Waals surface area contributed by atoms with Crippen LogP contribution in [0.1, 0.15) is 32.6 Å². The monoisotopic (exact) mass is 185 g/mol. The van der Waals surface area contributed by atoms with Gasteiger partial charge >= 0.3 is 0 Å². The van der Waals surface area contributed by atoms with Crippen LogP contribution in [-0.4, -0.2) is 30.7 Å². The Hall–Kier alpha value is -0.110. The standard InChI is InChI=1S/C11H20FN/c1-9-2-4-11(5-3-9)13-7-10(6-12)8-13/h9-11H,2-8H2,1H3/t9-,11+. The van der Waals surface area contributed by atoms with E-state index in [1.165, 1.54) is 25.7 Å². The van der Waals surface area contributed by atoms with Gasteiger partial charge in [-0.1, -0.05) is 6.92 Å². The average Bonchev–Trinajstić information content (AvgIpc) is 2.06. The van der Waals surface area contributed by atoms with E-state index >= 15 is 0 Å². The van der Waals surface area contributed by atoms with Gasteiger partial charge in [0.25, 0.3) is 0 Å². The Morgan fingerprint density at radius 3 is 2.31 bits per heavy atom. The van der Waals surface area contributed by atoms with Gasteiger partial charge in [0, 0.05) is 25.0 Å². The molecular formula is C11H20FN. The number of hydrogen-bond donors (Lipinski definition) is 0. The molecule has 0 N–H and O–H groups in total. The predicted molar refractivity (Wildman–Crippen MR) is 52.5 cm³/mol. The van der Waals surface area contributed by atoms with Crippen LogP contribution in [0.2, 0.25) is 0 Å². The zero-order valence-electron chi connectivity index (χ0n) is 8.51. The van der Waals surface area contributed by atoms with Gasteiger partial charge in [-0.05, 0) is 31.6 Å². The van der Waals surface area contributed by atoms with Gasteiger partial charge in [-0.2, -0.15) is 0 Å². The summed E-state index contributed by atoms with van der Waals surface area (Å²) in [6, 6.07) is 0.791. The van der Waals surface area contributed by atoms with E-state index in [0.29, 0.717) is 5.92 Å². The number of likely N-dealkylation sites (tertiary alicyclic amines) is 1. The molecule has 1 nitrogen and oxygen atoms in total. The molecular weight excluding hydrogens is 165 g/mol. The Morgan fingerprint density at radius 1 is 1.15 bits per heavy atom. The molecule has 1 heterocycles. The Bertz CT molecular complexity index is 157. The van der Waals surface area contributed by atoms with Crippen molar-refractivity contribution in [2.24, 2.45) is 11.8 Å². The van der Waals surface area contributed by atoms with Crippen molar-refractivity contribution in [1.29, 1.82) is 0 Å². The lowest BCUT2D eigenvalue weighted by Gasteiger charge is -2.45. The van der Waals surface area contributed by atoms with E-state index in [4.69, 9.17) is 0 Å². The zero-order chi connectivity index (χ0) is 9.26. The van der Waals surface area contributed by atoms with Crippen molar-refractivity contribution in [3.63, 3.8) is 0 Å². The molecule has 2 rings (SSSR count). The van der Waals surface area contributed by atoms with Crippen LogP contribution in [0.4, 0.5) is 4.39 Å². The molecule has 0 unspecified atom stereocenters. The first-order valence-corrected chi connectivity index (χ1v) is 5.59. The summed E-state index contributed by atoms with van der Waals surface area (Å²) in [5, 5.41) is 0. The van der Waals surface area contributed by atoms with E-state index in [2.05, 4.69) is 11.8 Å². The summed E-state index contributed by atoms with van der Waals surface area (Å²) in [7, 11) is 0. The summed E-state index contributed by atoms with van der Waals surface area (Å²) in [6.07, 6.45) is 5.45. The highest BCUT2D eigenvalue weighted by molar-refractivity contribution is 4.87. The minimum atomic E-state index is -0.111. The van der Waals surface area contributed by atoms with Crippen LogP contribution in [-0.2, 0) is 0 Å². The van der Waals surface area contributed by atoms with Crippen LogP contribution >= 0.6 is 0 Å². The topological polar surface area (TPSA) is 3.24 Å². The van der Waals surface area contributed by atoms with Crippen molar-refractivity contribution in [2.75, 3.05) is 19.8 Å². The summed E-state index contributed by atoms with van der Waals surface area (Å²) in [6.45, 7) is 4.28. The maximum atomic E-state index is 12.2. The first kappa shape index (κ1) is 9.45. The highest BCUT2D eigenvalue weighted by Crippen LogP contribution is 2.31. The third kappa shape index (κ3) is 2.04. The number of nitrogens with zero attached hydrogens (tertiary/aromatic N) is 1. The van der Waals surface area contributed by atoms with E-state index in [0.717, 1.165) is 25.0 Å². The van der Waals surface area contributed by atoms with Crippen molar-refractivity contribution in [2.45, 2.75) is 38.6 Å². The molecule has 0 aromatic heterocycles. The molecule has 2 heteroatoms. The minimum absolute atomic E-state index is 0.111. The largest absolute Gasteiger partial charge is 0.300 e. The molecule has 13 heavy (non-hydrogen) atoms. The van der Waals surface area contributed by atoms with Gasteiger partial charge in [0.15, 0.2) is 0 Å². The van der Waals surface area contributed by atoms with Gasteiger partial charge in [0.2, 0.25) is 0 Å². The highest BCUT2D eigenvalue weighted by Gasteiger charge is 2.33. The molecule has 2 fully saturated rings. The van der Waals surface area contributed by atoms with Gasteiger partial charge in [-0.25, -0.2) is 0 Å². The van der Waals surface area contributed by atoms with Crippen molar-refractivity contribution >= 4 is 0 Å². The molecule has 0 amide bonds. The number of alkyl halides is 1. The van der Waals surface area contributed by atoms with Gasteiger partial charge in [0.05, 0.1) is 6.67 Å². The summed E-state index contributed by atoms with van der Waals surface area (Å²) in [4.78, 5) is 2.48. The van der Waals surface area contributed by atoms with Gasteiger partial charge in [0.1, 0.15) is 0 Å². The van der Waals surface area contributed by atoms with Crippen LogP contribution in [0.5, 0.6) is 0 Å². The predicted octanol–water partition coefficient (Wildman–Crippen LogP) is 2.47. The molecule has 0 bridgehead atoms. The normalized spacial score (nSPS) is 37.4. The van der Waals surface area contributed by atoms with Crippen molar-refractivity contribution in [3.05, 3.63) is 0 Å². The molecule has 0 spiro atoms. The lowest BCUT2D eigenvalue weighted by atomic mass is 9.84. The van der Waals surface area contributed by atoms with E-state index in [1.807, 2.05) is 0 Å². The third-order valence-corrected chi connectivity index (χ3v) is 3.71. The fraction of sp³-hybridized carbons (Fsp3) is 1.00. The summed E-state index contributed by atoms with van der Waals surface area (Å²) < 4.78 is 12.2. The Morgan fingerprint density at radius 2 is 1.77 bits per heavy atom. The molecule has 0 aromatic rings. The molecule has 0 aromatic carbocycles. The van der Waals surface area contributed by atoms with Crippen LogP contribution in [0.3, 0.4) is 0 Å². The molecule has 1 saturated heterocycles. The zero-order valence-corrected chi connectivity index (χ0v) is 8.51. The second-order valence-corrected chi connectivity index (χ2v) is 4.89. The maximum Gasteiger partial charge on any atom is 0.0947 e. The summed E-state index contributed by atoms with van der Waals surface area (Å²) >= 11 is 0. The third-order valence-electron chi connectivity index (χ3n) is 3.71. The first-order chi connectivity index (χ1) is 6.29. The van der Waals surface area contributed by atoms with E-state index in [9.17, 15) is 4.39 Å². The van der Waals surface area contributed by atoms with Crippen molar-refractivity contribution in [3.8, 4) is 0 Å². The van der Waals surface area contributed by atoms with Gasteiger partial charge in [-0.15, -0.1) is 0 Å². The fourth-order valence-corrected chi connectivity index (χ4v) is 2.61. The molecule has 1 aliphatic heterocycles. The van der Waals surface area contributed by atoms with Crippen molar-refractivity contribution < 1.29 is 4.39 Å². The van der Waals surface area contributed by atoms with Crippen LogP contribution in [0, 0.1) is 11.8 Å². The number of hydrogen-bond acceptors (Lipinski definition) is 1. The molecule has 1 saturated carbocycles. The molecule has 0 atom stereocenters. The maximum absolute atomic E-state index is 12.2. The van der Waals surface area contributed by atoms with Crippen LogP contribution in [0.25, 0.3) is 0 Å². The number of rotatable bonds is 2. The molecule has 0 radical (unpaired) electrons. The SMILES string of the molecule is C[C@H]1CC[C@@H](N2CC(CF)C2)CC1. The summed E-state index contributed by atoms with van der Waals surface area (Å²) in [5.74, 6) is 1.29. The Labute approximate surface area is 80.3 Å². The minimum Gasteiger partial charge on any atom is -0.300 e. The lowest BCUT2D eigenvalue weighted by molar-refractivity contribution is 0.0184.